The number of hydrogen-bond acceptors (Lipinski definition) is 3. The standard InChI is InChI=1S/C27H20ClN4/c28-23-9-7-20(8-10-23)19-32-15-11-21(12-16-32)22-17-26(24-5-1-3-13-29-24)31-27(18-22)25-6-2-4-14-30-25/h1-18H,19H2/q+1. The average Bonchev–Trinajstić information content (AvgIpc) is 2.87. The molecule has 0 fully saturated rings. The van der Waals surface area contributed by atoms with Crippen molar-refractivity contribution in [2.45, 2.75) is 6.54 Å². The molecule has 0 radical (unpaired) electrons. The third-order valence-corrected chi connectivity index (χ3v) is 5.43. The molecule has 0 aliphatic carbocycles. The van der Waals surface area contributed by atoms with Crippen LogP contribution < -0.4 is 4.57 Å². The molecule has 4 nitrogen and oxygen atoms in total. The minimum Gasteiger partial charge on any atom is -0.255 e. The largest absolute Gasteiger partial charge is 0.255 e. The highest BCUT2D eigenvalue weighted by Gasteiger charge is 2.11. The molecule has 0 N–H and O–H groups in total. The van der Waals surface area contributed by atoms with Gasteiger partial charge in [0.25, 0.3) is 0 Å². The fourth-order valence-corrected chi connectivity index (χ4v) is 3.67. The first-order chi connectivity index (χ1) is 15.7. The van der Waals surface area contributed by atoms with E-state index in [4.69, 9.17) is 16.6 Å². The molecule has 4 aromatic heterocycles. The summed E-state index contributed by atoms with van der Waals surface area (Å²) in [7, 11) is 0. The molecule has 0 atom stereocenters. The molecule has 0 saturated heterocycles. The van der Waals surface area contributed by atoms with Crippen LogP contribution in [0, 0.1) is 0 Å². The van der Waals surface area contributed by atoms with Crippen molar-refractivity contribution >= 4 is 11.6 Å². The van der Waals surface area contributed by atoms with Crippen LogP contribution in [-0.4, -0.2) is 15.0 Å². The minimum absolute atomic E-state index is 0.749. The maximum atomic E-state index is 6.00. The number of benzene rings is 1. The number of nitrogens with zero attached hydrogens (tertiary/aromatic N) is 4. The van der Waals surface area contributed by atoms with Gasteiger partial charge in [-0.1, -0.05) is 35.9 Å². The van der Waals surface area contributed by atoms with Crippen LogP contribution in [0.1, 0.15) is 5.56 Å². The summed E-state index contributed by atoms with van der Waals surface area (Å²) in [6.45, 7) is 0.784. The van der Waals surface area contributed by atoms with Gasteiger partial charge in [-0.2, -0.15) is 0 Å². The molecule has 0 unspecified atom stereocenters. The molecule has 0 aliphatic rings. The van der Waals surface area contributed by atoms with E-state index in [0.29, 0.717) is 0 Å². The lowest BCUT2D eigenvalue weighted by molar-refractivity contribution is -0.688. The van der Waals surface area contributed by atoms with Crippen LogP contribution >= 0.6 is 11.6 Å². The molecule has 0 aliphatic heterocycles. The molecule has 154 valence electrons. The molecule has 5 aromatic rings. The van der Waals surface area contributed by atoms with Crippen LogP contribution in [0.3, 0.4) is 0 Å². The molecule has 4 heterocycles. The third kappa shape index (κ3) is 4.56. The van der Waals surface area contributed by atoms with E-state index in [-0.39, 0.29) is 0 Å². The molecular weight excluding hydrogens is 416 g/mol. The second kappa shape index (κ2) is 9.08. The summed E-state index contributed by atoms with van der Waals surface area (Å²) in [5, 5.41) is 0.749. The summed E-state index contributed by atoms with van der Waals surface area (Å²) in [6.07, 6.45) is 7.75. The zero-order chi connectivity index (χ0) is 21.8. The molecule has 1 aromatic carbocycles. The Labute approximate surface area is 191 Å². The Morgan fingerprint density at radius 2 is 1.22 bits per heavy atom. The van der Waals surface area contributed by atoms with E-state index >= 15 is 0 Å². The Bertz CT molecular complexity index is 1260. The number of rotatable bonds is 5. The van der Waals surface area contributed by atoms with E-state index in [1.807, 2.05) is 60.7 Å². The molecular formula is C27H20ClN4+. The predicted molar refractivity (Wildman–Crippen MR) is 127 cm³/mol. The van der Waals surface area contributed by atoms with Crippen molar-refractivity contribution in [2.75, 3.05) is 0 Å². The summed E-state index contributed by atoms with van der Waals surface area (Å²) in [6, 6.07) is 28.0. The van der Waals surface area contributed by atoms with Gasteiger partial charge in [0, 0.05) is 35.1 Å². The summed E-state index contributed by atoms with van der Waals surface area (Å²) in [5.74, 6) is 0. The van der Waals surface area contributed by atoms with E-state index < -0.39 is 0 Å². The molecule has 5 rings (SSSR count). The van der Waals surface area contributed by atoms with Gasteiger partial charge in [0.15, 0.2) is 18.9 Å². The third-order valence-electron chi connectivity index (χ3n) is 5.18. The highest BCUT2D eigenvalue weighted by molar-refractivity contribution is 6.30. The SMILES string of the molecule is Clc1ccc(C[n+]2ccc(-c3cc(-c4ccccn4)nc(-c4ccccn4)c3)cc2)cc1. The second-order valence-electron chi connectivity index (χ2n) is 7.44. The Morgan fingerprint density at radius 3 is 1.75 bits per heavy atom. The minimum atomic E-state index is 0.749. The van der Waals surface area contributed by atoms with Crippen LogP contribution in [0.2, 0.25) is 5.02 Å². The van der Waals surface area contributed by atoms with Crippen molar-refractivity contribution in [1.82, 2.24) is 15.0 Å². The Morgan fingerprint density at radius 1 is 0.625 bits per heavy atom. The monoisotopic (exact) mass is 435 g/mol. The van der Waals surface area contributed by atoms with Crippen LogP contribution in [0.25, 0.3) is 33.9 Å². The number of halogens is 1. The van der Waals surface area contributed by atoms with Crippen LogP contribution in [0.15, 0.2) is 110 Å². The quantitative estimate of drug-likeness (QED) is 0.324. The Balaban J connectivity index is 1.51. The second-order valence-corrected chi connectivity index (χ2v) is 7.88. The van der Waals surface area contributed by atoms with E-state index in [9.17, 15) is 0 Å². The number of hydrogen-bond donors (Lipinski definition) is 0. The summed E-state index contributed by atoms with van der Waals surface area (Å²) >= 11 is 6.00. The van der Waals surface area contributed by atoms with E-state index in [1.54, 1.807) is 12.4 Å². The average molecular weight is 436 g/mol. The summed E-state index contributed by atoms with van der Waals surface area (Å²) in [4.78, 5) is 13.8. The lowest BCUT2D eigenvalue weighted by Crippen LogP contribution is -2.32. The van der Waals surface area contributed by atoms with Crippen molar-refractivity contribution in [3.63, 3.8) is 0 Å². The lowest BCUT2D eigenvalue weighted by atomic mass is 10.0. The van der Waals surface area contributed by atoms with Crippen LogP contribution in [-0.2, 0) is 6.54 Å². The lowest BCUT2D eigenvalue weighted by Gasteiger charge is -2.09. The maximum absolute atomic E-state index is 6.00. The maximum Gasteiger partial charge on any atom is 0.173 e. The van der Waals surface area contributed by atoms with Gasteiger partial charge < -0.3 is 0 Å². The van der Waals surface area contributed by atoms with Gasteiger partial charge in [-0.05, 0) is 59.7 Å². The van der Waals surface area contributed by atoms with Crippen LogP contribution in [0.4, 0.5) is 0 Å². The number of pyridine rings is 4. The Hall–Kier alpha value is -3.89. The molecule has 0 saturated carbocycles. The predicted octanol–water partition coefficient (Wildman–Crippen LogP) is 5.86. The first kappa shape index (κ1) is 20.0. The first-order valence-electron chi connectivity index (χ1n) is 10.3. The van der Waals surface area contributed by atoms with Gasteiger partial charge in [-0.15, -0.1) is 0 Å². The first-order valence-corrected chi connectivity index (χ1v) is 10.7. The smallest absolute Gasteiger partial charge is 0.173 e. The molecule has 0 spiro atoms. The molecule has 32 heavy (non-hydrogen) atoms. The van der Waals surface area contributed by atoms with Crippen molar-refractivity contribution in [3.05, 3.63) is 120 Å². The van der Waals surface area contributed by atoms with E-state index in [1.165, 1.54) is 5.56 Å². The van der Waals surface area contributed by atoms with E-state index in [0.717, 1.165) is 45.5 Å². The fourth-order valence-electron chi connectivity index (χ4n) is 3.54. The number of aromatic nitrogens is 4. The van der Waals surface area contributed by atoms with Crippen molar-refractivity contribution in [1.29, 1.82) is 0 Å². The highest BCUT2D eigenvalue weighted by atomic mass is 35.5. The molecule has 0 amide bonds. The van der Waals surface area contributed by atoms with Gasteiger partial charge in [0.2, 0.25) is 0 Å². The normalized spacial score (nSPS) is 10.8. The summed E-state index contributed by atoms with van der Waals surface area (Å²) < 4.78 is 2.15. The van der Waals surface area contributed by atoms with Crippen molar-refractivity contribution in [3.8, 4) is 33.9 Å². The fraction of sp³-hybridized carbons (Fsp3) is 0.0370. The molecule has 5 heteroatoms. The van der Waals surface area contributed by atoms with E-state index in [2.05, 4.69) is 51.2 Å². The highest BCUT2D eigenvalue weighted by Crippen LogP contribution is 2.28. The Kier molecular flexibility index (Phi) is 5.69. The topological polar surface area (TPSA) is 42.5 Å². The van der Waals surface area contributed by atoms with Crippen molar-refractivity contribution in [2.24, 2.45) is 0 Å². The zero-order valence-electron chi connectivity index (χ0n) is 17.3. The van der Waals surface area contributed by atoms with Crippen LogP contribution in [0.5, 0.6) is 0 Å². The van der Waals surface area contributed by atoms with Gasteiger partial charge in [-0.3, -0.25) is 9.97 Å². The van der Waals surface area contributed by atoms with Gasteiger partial charge in [-0.25, -0.2) is 9.55 Å². The summed E-state index contributed by atoms with van der Waals surface area (Å²) in [5.41, 5.74) is 6.68. The van der Waals surface area contributed by atoms with Gasteiger partial charge >= 0.3 is 0 Å². The van der Waals surface area contributed by atoms with Gasteiger partial charge in [0.1, 0.15) is 0 Å². The zero-order valence-corrected chi connectivity index (χ0v) is 18.0. The molecule has 0 bridgehead atoms. The van der Waals surface area contributed by atoms with Gasteiger partial charge in [0.05, 0.1) is 22.8 Å². The van der Waals surface area contributed by atoms with Crippen molar-refractivity contribution < 1.29 is 4.57 Å².